The highest BCUT2D eigenvalue weighted by molar-refractivity contribution is 5.48. The molecule has 0 radical (unpaired) electrons. The number of pyridine rings is 1. The molecule has 0 amide bonds. The highest BCUT2D eigenvalue weighted by atomic mass is 14.9. The van der Waals surface area contributed by atoms with Crippen molar-refractivity contribution in [2.24, 2.45) is 0 Å². The van der Waals surface area contributed by atoms with E-state index in [4.69, 9.17) is 0 Å². The van der Waals surface area contributed by atoms with Crippen LogP contribution >= 0.6 is 0 Å². The van der Waals surface area contributed by atoms with E-state index in [-0.39, 0.29) is 0 Å². The van der Waals surface area contributed by atoms with Crippen molar-refractivity contribution < 1.29 is 0 Å². The van der Waals surface area contributed by atoms with Crippen LogP contribution < -0.4 is 5.32 Å². The molecule has 0 aliphatic rings. The summed E-state index contributed by atoms with van der Waals surface area (Å²) >= 11 is 0. The van der Waals surface area contributed by atoms with E-state index in [0.717, 1.165) is 23.6 Å². The predicted octanol–water partition coefficient (Wildman–Crippen LogP) is 3.62. The average molecular weight is 226 g/mol. The summed E-state index contributed by atoms with van der Waals surface area (Å²) in [7, 11) is 0. The van der Waals surface area contributed by atoms with Gasteiger partial charge in [0.15, 0.2) is 0 Å². The summed E-state index contributed by atoms with van der Waals surface area (Å²) < 4.78 is 0. The van der Waals surface area contributed by atoms with Crippen molar-refractivity contribution in [1.29, 1.82) is 0 Å². The summed E-state index contributed by atoms with van der Waals surface area (Å²) in [6, 6.07) is 12.7. The minimum atomic E-state index is 0.839. The van der Waals surface area contributed by atoms with Crippen molar-refractivity contribution in [3.8, 4) is 0 Å². The van der Waals surface area contributed by atoms with Crippen LogP contribution in [0.3, 0.4) is 0 Å². The van der Waals surface area contributed by atoms with E-state index >= 15 is 0 Å². The maximum absolute atomic E-state index is 4.44. The topological polar surface area (TPSA) is 24.9 Å². The Balaban J connectivity index is 2.04. The van der Waals surface area contributed by atoms with E-state index in [1.54, 1.807) is 0 Å². The molecule has 0 aliphatic carbocycles. The lowest BCUT2D eigenvalue weighted by molar-refractivity contribution is 1.08. The molecule has 0 unspecified atom stereocenters. The van der Waals surface area contributed by atoms with Gasteiger partial charge in [-0.2, -0.15) is 0 Å². The molecule has 2 aromatic rings. The van der Waals surface area contributed by atoms with Crippen molar-refractivity contribution in [2.75, 3.05) is 5.32 Å². The van der Waals surface area contributed by atoms with Gasteiger partial charge in [-0.3, -0.25) is 4.98 Å². The minimum absolute atomic E-state index is 0.839. The molecule has 0 saturated carbocycles. The third-order valence-corrected chi connectivity index (χ3v) is 2.83. The Kier molecular flexibility index (Phi) is 3.43. The fraction of sp³-hybridized carbons (Fsp3) is 0.267. The van der Waals surface area contributed by atoms with Gasteiger partial charge in [-0.05, 0) is 38.5 Å². The van der Waals surface area contributed by atoms with Crippen LogP contribution in [0, 0.1) is 20.8 Å². The normalized spacial score (nSPS) is 10.3. The van der Waals surface area contributed by atoms with Crippen LogP contribution in [0.2, 0.25) is 0 Å². The largest absolute Gasteiger partial charge is 0.380 e. The zero-order chi connectivity index (χ0) is 12.3. The smallest absolute Gasteiger partial charge is 0.0606 e. The highest BCUT2D eigenvalue weighted by Gasteiger charge is 1.99. The maximum atomic E-state index is 4.44. The second kappa shape index (κ2) is 5.00. The van der Waals surface area contributed by atoms with Gasteiger partial charge in [0.05, 0.1) is 11.4 Å². The van der Waals surface area contributed by atoms with E-state index < -0.39 is 0 Å². The van der Waals surface area contributed by atoms with Crippen molar-refractivity contribution in [3.63, 3.8) is 0 Å². The summed E-state index contributed by atoms with van der Waals surface area (Å²) in [5.74, 6) is 0. The first-order valence-electron chi connectivity index (χ1n) is 5.89. The first kappa shape index (κ1) is 11.6. The van der Waals surface area contributed by atoms with Gasteiger partial charge in [0.1, 0.15) is 0 Å². The second-order valence-corrected chi connectivity index (χ2v) is 4.42. The Morgan fingerprint density at radius 2 is 1.65 bits per heavy atom. The number of nitrogens with one attached hydrogen (secondary N) is 1. The fourth-order valence-electron chi connectivity index (χ4n) is 1.78. The standard InChI is InChI=1S/C15H18N2/c1-11-4-7-14(8-5-11)10-16-15-9-6-12(2)17-13(15)3/h4-9,16H,10H2,1-3H3. The zero-order valence-electron chi connectivity index (χ0n) is 10.6. The van der Waals surface area contributed by atoms with Crippen LogP contribution in [0.25, 0.3) is 0 Å². The number of rotatable bonds is 3. The van der Waals surface area contributed by atoms with Gasteiger partial charge >= 0.3 is 0 Å². The van der Waals surface area contributed by atoms with Crippen LogP contribution in [0.15, 0.2) is 36.4 Å². The molecule has 0 saturated heterocycles. The molecule has 17 heavy (non-hydrogen) atoms. The van der Waals surface area contributed by atoms with Crippen LogP contribution in [-0.4, -0.2) is 4.98 Å². The monoisotopic (exact) mass is 226 g/mol. The van der Waals surface area contributed by atoms with Crippen molar-refractivity contribution in [2.45, 2.75) is 27.3 Å². The Morgan fingerprint density at radius 1 is 0.941 bits per heavy atom. The van der Waals surface area contributed by atoms with Gasteiger partial charge in [0, 0.05) is 12.2 Å². The third kappa shape index (κ3) is 3.06. The lowest BCUT2D eigenvalue weighted by Gasteiger charge is -2.09. The lowest BCUT2D eigenvalue weighted by Crippen LogP contribution is -2.02. The molecule has 1 heterocycles. The average Bonchev–Trinajstić information content (AvgIpc) is 2.30. The Hall–Kier alpha value is -1.83. The molecule has 2 nitrogen and oxygen atoms in total. The molecule has 0 atom stereocenters. The minimum Gasteiger partial charge on any atom is -0.380 e. The van der Waals surface area contributed by atoms with Crippen LogP contribution in [0.5, 0.6) is 0 Å². The Morgan fingerprint density at radius 3 is 2.29 bits per heavy atom. The molecule has 1 N–H and O–H groups in total. The number of anilines is 1. The number of aromatic nitrogens is 1. The SMILES string of the molecule is Cc1ccc(CNc2ccc(C)nc2C)cc1. The second-order valence-electron chi connectivity index (χ2n) is 4.42. The molecular weight excluding hydrogens is 208 g/mol. The summed E-state index contributed by atoms with van der Waals surface area (Å²) in [4.78, 5) is 4.44. The number of nitrogens with zero attached hydrogens (tertiary/aromatic N) is 1. The quantitative estimate of drug-likeness (QED) is 0.864. The van der Waals surface area contributed by atoms with Crippen molar-refractivity contribution in [3.05, 3.63) is 58.9 Å². The number of aryl methyl sites for hydroxylation is 3. The van der Waals surface area contributed by atoms with E-state index in [0.29, 0.717) is 0 Å². The molecule has 2 heteroatoms. The lowest BCUT2D eigenvalue weighted by atomic mass is 10.1. The summed E-state index contributed by atoms with van der Waals surface area (Å²) in [6.45, 7) is 6.98. The number of hydrogen-bond acceptors (Lipinski definition) is 2. The van der Waals surface area contributed by atoms with Crippen LogP contribution in [0.4, 0.5) is 5.69 Å². The molecule has 0 spiro atoms. The molecule has 2 rings (SSSR count). The van der Waals surface area contributed by atoms with Crippen LogP contribution in [0.1, 0.15) is 22.5 Å². The van der Waals surface area contributed by atoms with Crippen LogP contribution in [-0.2, 0) is 6.54 Å². The van der Waals surface area contributed by atoms with E-state index in [1.807, 2.05) is 19.9 Å². The maximum Gasteiger partial charge on any atom is 0.0606 e. The van der Waals surface area contributed by atoms with Gasteiger partial charge in [-0.15, -0.1) is 0 Å². The molecule has 1 aromatic carbocycles. The van der Waals surface area contributed by atoms with Gasteiger partial charge < -0.3 is 5.32 Å². The third-order valence-electron chi connectivity index (χ3n) is 2.83. The van der Waals surface area contributed by atoms with E-state index in [1.165, 1.54) is 11.1 Å². The first-order valence-corrected chi connectivity index (χ1v) is 5.89. The van der Waals surface area contributed by atoms with E-state index in [9.17, 15) is 0 Å². The van der Waals surface area contributed by atoms with Gasteiger partial charge in [0.2, 0.25) is 0 Å². The highest BCUT2D eigenvalue weighted by Crippen LogP contribution is 2.14. The van der Waals surface area contributed by atoms with Gasteiger partial charge in [-0.1, -0.05) is 29.8 Å². The molecule has 88 valence electrons. The van der Waals surface area contributed by atoms with Gasteiger partial charge in [0.25, 0.3) is 0 Å². The first-order chi connectivity index (χ1) is 8.15. The molecular formula is C15H18N2. The summed E-state index contributed by atoms with van der Waals surface area (Å²) in [5.41, 5.74) is 5.80. The molecule has 0 aliphatic heterocycles. The zero-order valence-corrected chi connectivity index (χ0v) is 10.6. The predicted molar refractivity (Wildman–Crippen MR) is 72.2 cm³/mol. The molecule has 0 bridgehead atoms. The Bertz CT molecular complexity index is 501. The summed E-state index contributed by atoms with van der Waals surface area (Å²) in [6.07, 6.45) is 0. The summed E-state index contributed by atoms with van der Waals surface area (Å²) in [5, 5.41) is 3.41. The van der Waals surface area contributed by atoms with Gasteiger partial charge in [-0.25, -0.2) is 0 Å². The van der Waals surface area contributed by atoms with Crippen molar-refractivity contribution >= 4 is 5.69 Å². The number of benzene rings is 1. The van der Waals surface area contributed by atoms with E-state index in [2.05, 4.69) is 47.6 Å². The number of hydrogen-bond donors (Lipinski definition) is 1. The molecule has 1 aromatic heterocycles. The molecule has 0 fully saturated rings. The fourth-order valence-corrected chi connectivity index (χ4v) is 1.78. The van der Waals surface area contributed by atoms with Crippen molar-refractivity contribution in [1.82, 2.24) is 4.98 Å². The Labute approximate surface area is 103 Å².